The molecule has 2 aromatic carbocycles. The van der Waals surface area contributed by atoms with Crippen LogP contribution in [0.3, 0.4) is 0 Å². The summed E-state index contributed by atoms with van der Waals surface area (Å²) < 4.78 is 56.9. The molecule has 2 aromatic rings. The minimum Gasteiger partial charge on any atom is -0.493 e. The third-order valence-electron chi connectivity index (χ3n) is 5.04. The lowest BCUT2D eigenvalue weighted by atomic mass is 9.91. The van der Waals surface area contributed by atoms with Crippen LogP contribution in [0.2, 0.25) is 5.02 Å². The average Bonchev–Trinajstić information content (AvgIpc) is 2.74. The summed E-state index contributed by atoms with van der Waals surface area (Å²) in [5, 5.41) is -0.301. The van der Waals surface area contributed by atoms with Gasteiger partial charge in [0.25, 0.3) is 0 Å². The van der Waals surface area contributed by atoms with Crippen LogP contribution >= 0.6 is 11.6 Å². The number of ether oxygens (including phenoxy) is 3. The fourth-order valence-electron chi connectivity index (χ4n) is 3.52. The van der Waals surface area contributed by atoms with Gasteiger partial charge in [0.15, 0.2) is 11.5 Å². The Hall–Kier alpha value is -2.36. The van der Waals surface area contributed by atoms with E-state index in [1.54, 1.807) is 12.1 Å². The first-order valence-electron chi connectivity index (χ1n) is 9.01. The SMILES string of the molecule is COC(=O)C[C@H]1c2cc(OC)c(OC)cc2CCN1S(=O)(=O)c1ccc(F)c(Cl)c1. The van der Waals surface area contributed by atoms with Crippen molar-refractivity contribution in [2.75, 3.05) is 27.9 Å². The van der Waals surface area contributed by atoms with Crippen molar-refractivity contribution in [1.29, 1.82) is 0 Å². The van der Waals surface area contributed by atoms with E-state index >= 15 is 0 Å². The number of methoxy groups -OCH3 is 3. The van der Waals surface area contributed by atoms with Gasteiger partial charge in [0.2, 0.25) is 10.0 Å². The molecule has 30 heavy (non-hydrogen) atoms. The predicted molar refractivity (Wildman–Crippen MR) is 108 cm³/mol. The van der Waals surface area contributed by atoms with Gasteiger partial charge in [-0.2, -0.15) is 4.31 Å². The van der Waals surface area contributed by atoms with E-state index < -0.39 is 27.9 Å². The Morgan fingerprint density at radius 3 is 2.43 bits per heavy atom. The van der Waals surface area contributed by atoms with Crippen LogP contribution in [0, 0.1) is 5.82 Å². The fourth-order valence-corrected chi connectivity index (χ4v) is 5.40. The van der Waals surface area contributed by atoms with Crippen molar-refractivity contribution < 1.29 is 31.8 Å². The first kappa shape index (κ1) is 22.3. The van der Waals surface area contributed by atoms with Crippen molar-refractivity contribution >= 4 is 27.6 Å². The third-order valence-corrected chi connectivity index (χ3v) is 7.23. The zero-order valence-corrected chi connectivity index (χ0v) is 18.2. The molecule has 0 radical (unpaired) electrons. The highest BCUT2D eigenvalue weighted by Crippen LogP contribution is 2.41. The molecule has 7 nitrogen and oxygen atoms in total. The van der Waals surface area contributed by atoms with Gasteiger partial charge in [0, 0.05) is 6.54 Å². The number of fused-ring (bicyclic) bond motifs is 1. The third kappa shape index (κ3) is 4.10. The summed E-state index contributed by atoms with van der Waals surface area (Å²) in [5.41, 5.74) is 1.45. The number of rotatable bonds is 6. The van der Waals surface area contributed by atoms with Crippen LogP contribution in [0.1, 0.15) is 23.6 Å². The second-order valence-electron chi connectivity index (χ2n) is 6.64. The number of carbonyl (C=O) groups is 1. The van der Waals surface area contributed by atoms with Gasteiger partial charge in [-0.1, -0.05) is 11.6 Å². The van der Waals surface area contributed by atoms with Crippen molar-refractivity contribution in [3.05, 3.63) is 52.3 Å². The molecule has 0 aromatic heterocycles. The van der Waals surface area contributed by atoms with Crippen LogP contribution in [-0.4, -0.2) is 46.6 Å². The first-order chi connectivity index (χ1) is 14.2. The summed E-state index contributed by atoms with van der Waals surface area (Å²) >= 11 is 5.79. The number of esters is 1. The topological polar surface area (TPSA) is 82.1 Å². The molecule has 1 aliphatic rings. The maximum absolute atomic E-state index is 13.5. The molecule has 1 atom stereocenters. The van der Waals surface area contributed by atoms with E-state index in [9.17, 15) is 17.6 Å². The van der Waals surface area contributed by atoms with Crippen molar-refractivity contribution in [1.82, 2.24) is 4.31 Å². The van der Waals surface area contributed by atoms with E-state index in [4.69, 9.17) is 25.8 Å². The van der Waals surface area contributed by atoms with Crippen LogP contribution in [0.4, 0.5) is 4.39 Å². The van der Waals surface area contributed by atoms with Gasteiger partial charge >= 0.3 is 5.97 Å². The van der Waals surface area contributed by atoms with Gasteiger partial charge < -0.3 is 14.2 Å². The molecule has 1 aliphatic heterocycles. The molecule has 0 N–H and O–H groups in total. The minimum absolute atomic E-state index is 0.113. The second-order valence-corrected chi connectivity index (χ2v) is 8.94. The lowest BCUT2D eigenvalue weighted by Gasteiger charge is -2.36. The molecule has 0 spiro atoms. The molecular formula is C20H21ClFNO6S. The summed E-state index contributed by atoms with van der Waals surface area (Å²) in [4.78, 5) is 11.9. The molecule has 0 aliphatic carbocycles. The van der Waals surface area contributed by atoms with E-state index in [1.807, 2.05) is 0 Å². The predicted octanol–water partition coefficient (Wildman–Crippen LogP) is 3.35. The maximum Gasteiger partial charge on any atom is 0.307 e. The van der Waals surface area contributed by atoms with Gasteiger partial charge in [-0.3, -0.25) is 4.79 Å². The normalized spacial score (nSPS) is 16.6. The highest BCUT2D eigenvalue weighted by atomic mass is 35.5. The lowest BCUT2D eigenvalue weighted by molar-refractivity contribution is -0.141. The van der Waals surface area contributed by atoms with Gasteiger partial charge in [0.1, 0.15) is 5.82 Å². The first-order valence-corrected chi connectivity index (χ1v) is 10.8. The quantitative estimate of drug-likeness (QED) is 0.619. The number of halogens is 2. The van der Waals surface area contributed by atoms with Gasteiger partial charge in [-0.15, -0.1) is 0 Å². The summed E-state index contributed by atoms with van der Waals surface area (Å²) in [7, 11) is 0.133. The Balaban J connectivity index is 2.12. The molecule has 0 bridgehead atoms. The van der Waals surface area contributed by atoms with Crippen LogP contribution < -0.4 is 9.47 Å². The van der Waals surface area contributed by atoms with Crippen molar-refractivity contribution in [3.8, 4) is 11.5 Å². The number of carbonyl (C=O) groups excluding carboxylic acids is 1. The number of hydrogen-bond donors (Lipinski definition) is 0. The number of sulfonamides is 1. The van der Waals surface area contributed by atoms with Crippen LogP contribution in [0.5, 0.6) is 11.5 Å². The Labute approximate surface area is 179 Å². The number of nitrogens with zero attached hydrogens (tertiary/aromatic N) is 1. The van der Waals surface area contributed by atoms with E-state index in [0.29, 0.717) is 23.5 Å². The molecule has 10 heteroatoms. The minimum atomic E-state index is -4.08. The number of hydrogen-bond acceptors (Lipinski definition) is 6. The summed E-state index contributed by atoms with van der Waals surface area (Å²) in [6.45, 7) is 0.113. The summed E-state index contributed by atoms with van der Waals surface area (Å²) in [5.74, 6) is -0.368. The molecule has 0 saturated heterocycles. The Kier molecular flexibility index (Phi) is 6.54. The van der Waals surface area contributed by atoms with Crippen LogP contribution in [0.15, 0.2) is 35.2 Å². The molecule has 1 heterocycles. The van der Waals surface area contributed by atoms with Crippen molar-refractivity contribution in [2.45, 2.75) is 23.8 Å². The summed E-state index contributed by atoms with van der Waals surface area (Å²) in [6.07, 6.45) is 0.189. The molecule has 0 fully saturated rings. The molecule has 0 amide bonds. The Morgan fingerprint density at radius 2 is 1.83 bits per heavy atom. The second kappa shape index (κ2) is 8.79. The van der Waals surface area contributed by atoms with Crippen LogP contribution in [0.25, 0.3) is 0 Å². The summed E-state index contributed by atoms with van der Waals surface area (Å²) in [6, 6.07) is 5.81. The zero-order chi connectivity index (χ0) is 22.1. The standard InChI is InChI=1S/C20H21ClFNO6S/c1-27-18-8-12-6-7-23(30(25,26)13-4-5-16(22)15(21)9-13)17(11-20(24)29-3)14(12)10-19(18)28-2/h4-5,8-10,17H,6-7,11H2,1-3H3/t17-/m0/s1. The Morgan fingerprint density at radius 1 is 1.17 bits per heavy atom. The van der Waals surface area contributed by atoms with Crippen LogP contribution in [-0.2, 0) is 26.0 Å². The van der Waals surface area contributed by atoms with Gasteiger partial charge in [0.05, 0.1) is 43.7 Å². The highest BCUT2D eigenvalue weighted by molar-refractivity contribution is 7.89. The largest absolute Gasteiger partial charge is 0.493 e. The highest BCUT2D eigenvalue weighted by Gasteiger charge is 2.38. The van der Waals surface area contributed by atoms with E-state index in [0.717, 1.165) is 23.8 Å². The Bertz CT molecular complexity index is 1080. The monoisotopic (exact) mass is 457 g/mol. The van der Waals surface area contributed by atoms with Crippen molar-refractivity contribution in [3.63, 3.8) is 0 Å². The molecule has 0 saturated carbocycles. The molecular weight excluding hydrogens is 437 g/mol. The van der Waals surface area contributed by atoms with Crippen molar-refractivity contribution in [2.24, 2.45) is 0 Å². The maximum atomic E-state index is 13.5. The van der Waals surface area contributed by atoms with Gasteiger partial charge in [-0.25, -0.2) is 12.8 Å². The lowest BCUT2D eigenvalue weighted by Crippen LogP contribution is -2.41. The average molecular weight is 458 g/mol. The smallest absolute Gasteiger partial charge is 0.307 e. The van der Waals surface area contributed by atoms with E-state index in [-0.39, 0.29) is 22.9 Å². The number of benzene rings is 2. The van der Waals surface area contributed by atoms with E-state index in [1.165, 1.54) is 25.6 Å². The molecule has 3 rings (SSSR count). The van der Waals surface area contributed by atoms with Gasteiger partial charge in [-0.05, 0) is 47.9 Å². The molecule has 0 unspecified atom stereocenters. The fraction of sp³-hybridized carbons (Fsp3) is 0.350. The molecule has 162 valence electrons. The zero-order valence-electron chi connectivity index (χ0n) is 16.6. The van der Waals surface area contributed by atoms with E-state index in [2.05, 4.69) is 0 Å².